The third-order valence-corrected chi connectivity index (χ3v) is 5.51. The van der Waals surface area contributed by atoms with Crippen molar-refractivity contribution in [2.45, 2.75) is 43.5 Å². The smallest absolute Gasteiger partial charge is 0.269 e. The Morgan fingerprint density at radius 3 is 2.67 bits per heavy atom. The van der Waals surface area contributed by atoms with Gasteiger partial charge in [-0.1, -0.05) is 13.3 Å². The van der Waals surface area contributed by atoms with Crippen molar-refractivity contribution in [3.05, 3.63) is 34.4 Å². The van der Waals surface area contributed by atoms with Crippen molar-refractivity contribution in [2.75, 3.05) is 12.3 Å². The lowest BCUT2D eigenvalue weighted by atomic mass is 10.0. The molecule has 5 nitrogen and oxygen atoms in total. The SMILES string of the molecule is CCNC1CCCC1CCS(=O)c1ccc([N+](=O)[O-])cc1. The van der Waals surface area contributed by atoms with Gasteiger partial charge in [0.25, 0.3) is 5.69 Å². The van der Waals surface area contributed by atoms with Gasteiger partial charge in [-0.2, -0.15) is 0 Å². The molecule has 3 atom stereocenters. The topological polar surface area (TPSA) is 72.2 Å². The molecule has 0 heterocycles. The third-order valence-electron chi connectivity index (χ3n) is 4.11. The van der Waals surface area contributed by atoms with E-state index in [4.69, 9.17) is 0 Å². The molecular formula is C15H22N2O3S. The van der Waals surface area contributed by atoms with Crippen molar-refractivity contribution in [2.24, 2.45) is 5.92 Å². The molecule has 0 aromatic heterocycles. The molecule has 1 aromatic rings. The van der Waals surface area contributed by atoms with Crippen LogP contribution in [-0.2, 0) is 10.8 Å². The maximum Gasteiger partial charge on any atom is 0.269 e. The number of hydrogen-bond donors (Lipinski definition) is 1. The number of benzene rings is 1. The fourth-order valence-electron chi connectivity index (χ4n) is 3.01. The fourth-order valence-corrected chi connectivity index (χ4v) is 4.20. The molecule has 3 unspecified atom stereocenters. The molecule has 0 bridgehead atoms. The van der Waals surface area contributed by atoms with Crippen LogP contribution in [0.1, 0.15) is 32.6 Å². The van der Waals surface area contributed by atoms with Crippen molar-refractivity contribution in [3.63, 3.8) is 0 Å². The van der Waals surface area contributed by atoms with Gasteiger partial charge in [-0.3, -0.25) is 14.3 Å². The Balaban J connectivity index is 1.88. The Morgan fingerprint density at radius 1 is 1.33 bits per heavy atom. The molecular weight excluding hydrogens is 288 g/mol. The molecule has 0 amide bonds. The summed E-state index contributed by atoms with van der Waals surface area (Å²) in [6, 6.07) is 6.60. The number of nitrogens with zero attached hydrogens (tertiary/aromatic N) is 1. The number of rotatable bonds is 7. The van der Waals surface area contributed by atoms with Crippen LogP contribution in [-0.4, -0.2) is 27.5 Å². The van der Waals surface area contributed by atoms with E-state index >= 15 is 0 Å². The first-order chi connectivity index (χ1) is 10.1. The van der Waals surface area contributed by atoms with Crippen LogP contribution in [0.4, 0.5) is 5.69 Å². The molecule has 1 N–H and O–H groups in total. The van der Waals surface area contributed by atoms with Crippen LogP contribution in [0, 0.1) is 16.0 Å². The zero-order chi connectivity index (χ0) is 15.2. The highest BCUT2D eigenvalue weighted by Gasteiger charge is 2.26. The van der Waals surface area contributed by atoms with E-state index in [0.717, 1.165) is 13.0 Å². The second-order valence-corrected chi connectivity index (χ2v) is 7.02. The molecule has 1 aliphatic carbocycles. The number of nitro groups is 1. The summed E-state index contributed by atoms with van der Waals surface area (Å²) >= 11 is 0. The van der Waals surface area contributed by atoms with Crippen LogP contribution in [0.25, 0.3) is 0 Å². The third kappa shape index (κ3) is 4.35. The minimum atomic E-state index is -1.07. The van der Waals surface area contributed by atoms with E-state index in [9.17, 15) is 14.3 Å². The van der Waals surface area contributed by atoms with Gasteiger partial charge in [0.2, 0.25) is 0 Å². The Hall–Kier alpha value is -1.27. The summed E-state index contributed by atoms with van der Waals surface area (Å²) in [5.74, 6) is 1.23. The Morgan fingerprint density at radius 2 is 2.05 bits per heavy atom. The highest BCUT2D eigenvalue weighted by atomic mass is 32.2. The summed E-state index contributed by atoms with van der Waals surface area (Å²) in [5.41, 5.74) is 0.0405. The monoisotopic (exact) mass is 310 g/mol. The van der Waals surface area contributed by atoms with Gasteiger partial charge in [-0.25, -0.2) is 0 Å². The predicted molar refractivity (Wildman–Crippen MR) is 83.8 cm³/mol. The molecule has 1 aliphatic rings. The molecule has 1 saturated carbocycles. The van der Waals surface area contributed by atoms with E-state index in [2.05, 4.69) is 12.2 Å². The Labute approximate surface area is 127 Å². The van der Waals surface area contributed by atoms with Gasteiger partial charge in [-0.15, -0.1) is 0 Å². The Kier molecular flexibility index (Phi) is 5.87. The van der Waals surface area contributed by atoms with Gasteiger partial charge in [0.15, 0.2) is 0 Å². The molecule has 21 heavy (non-hydrogen) atoms. The van der Waals surface area contributed by atoms with Gasteiger partial charge in [-0.05, 0) is 43.9 Å². The minimum Gasteiger partial charge on any atom is -0.314 e. The van der Waals surface area contributed by atoms with Gasteiger partial charge >= 0.3 is 0 Å². The molecule has 2 rings (SSSR count). The number of hydrogen-bond acceptors (Lipinski definition) is 4. The highest BCUT2D eigenvalue weighted by Crippen LogP contribution is 2.29. The van der Waals surface area contributed by atoms with Crippen LogP contribution < -0.4 is 5.32 Å². The largest absolute Gasteiger partial charge is 0.314 e. The zero-order valence-electron chi connectivity index (χ0n) is 12.3. The molecule has 0 spiro atoms. The first-order valence-electron chi connectivity index (χ1n) is 7.48. The molecule has 116 valence electrons. The standard InChI is InChI=1S/C15H22N2O3S/c1-2-16-15-5-3-4-12(15)10-11-21(20)14-8-6-13(7-9-14)17(18)19/h6-9,12,15-16H,2-5,10-11H2,1H3. The van der Waals surface area contributed by atoms with Crippen LogP contribution >= 0.6 is 0 Å². The lowest BCUT2D eigenvalue weighted by Gasteiger charge is -2.20. The first-order valence-corrected chi connectivity index (χ1v) is 8.80. The van der Waals surface area contributed by atoms with Crippen LogP contribution in [0.3, 0.4) is 0 Å². The number of nitro benzene ring substituents is 1. The molecule has 0 saturated heterocycles. The second kappa shape index (κ2) is 7.66. The molecule has 1 fully saturated rings. The molecule has 1 aromatic carbocycles. The van der Waals surface area contributed by atoms with E-state index < -0.39 is 15.7 Å². The lowest BCUT2D eigenvalue weighted by molar-refractivity contribution is -0.384. The van der Waals surface area contributed by atoms with Crippen molar-refractivity contribution in [3.8, 4) is 0 Å². The van der Waals surface area contributed by atoms with Crippen LogP contribution in [0.15, 0.2) is 29.2 Å². The number of non-ortho nitro benzene ring substituents is 1. The van der Waals surface area contributed by atoms with E-state index in [0.29, 0.717) is 22.6 Å². The van der Waals surface area contributed by atoms with E-state index in [-0.39, 0.29) is 5.69 Å². The summed E-state index contributed by atoms with van der Waals surface area (Å²) in [6.07, 6.45) is 4.60. The van der Waals surface area contributed by atoms with Gasteiger partial charge < -0.3 is 5.32 Å². The molecule has 6 heteroatoms. The highest BCUT2D eigenvalue weighted by molar-refractivity contribution is 7.85. The first kappa shape index (κ1) is 16.1. The quantitative estimate of drug-likeness (QED) is 0.621. The van der Waals surface area contributed by atoms with Crippen molar-refractivity contribution in [1.29, 1.82) is 0 Å². The Bertz CT molecular complexity index is 504. The van der Waals surface area contributed by atoms with Crippen molar-refractivity contribution in [1.82, 2.24) is 5.32 Å². The fraction of sp³-hybridized carbons (Fsp3) is 0.600. The van der Waals surface area contributed by atoms with E-state index in [1.54, 1.807) is 12.1 Å². The van der Waals surface area contributed by atoms with Crippen LogP contribution in [0.2, 0.25) is 0 Å². The minimum absolute atomic E-state index is 0.0405. The predicted octanol–water partition coefficient (Wildman–Crippen LogP) is 2.87. The van der Waals surface area contributed by atoms with Crippen molar-refractivity contribution < 1.29 is 9.13 Å². The summed E-state index contributed by atoms with van der Waals surface area (Å²) in [5, 5.41) is 14.1. The summed E-state index contributed by atoms with van der Waals surface area (Å²) in [4.78, 5) is 10.8. The van der Waals surface area contributed by atoms with Crippen molar-refractivity contribution >= 4 is 16.5 Å². The van der Waals surface area contributed by atoms with Gasteiger partial charge in [0.1, 0.15) is 0 Å². The summed E-state index contributed by atoms with van der Waals surface area (Å²) < 4.78 is 12.3. The maximum atomic E-state index is 12.3. The average molecular weight is 310 g/mol. The summed E-state index contributed by atoms with van der Waals surface area (Å²) in [6.45, 7) is 3.09. The molecule has 0 aliphatic heterocycles. The van der Waals surface area contributed by atoms with E-state index in [1.807, 2.05) is 0 Å². The average Bonchev–Trinajstić information content (AvgIpc) is 2.92. The number of nitrogens with one attached hydrogen (secondary N) is 1. The second-order valence-electron chi connectivity index (χ2n) is 5.44. The summed E-state index contributed by atoms with van der Waals surface area (Å²) in [7, 11) is -1.07. The van der Waals surface area contributed by atoms with Crippen LogP contribution in [0.5, 0.6) is 0 Å². The van der Waals surface area contributed by atoms with Gasteiger partial charge in [0.05, 0.1) is 15.7 Å². The zero-order valence-corrected chi connectivity index (χ0v) is 13.1. The maximum absolute atomic E-state index is 12.3. The van der Waals surface area contributed by atoms with E-state index in [1.165, 1.54) is 31.4 Å². The molecule has 0 radical (unpaired) electrons. The lowest BCUT2D eigenvalue weighted by Crippen LogP contribution is -2.32. The normalized spacial score (nSPS) is 23.1. The van der Waals surface area contributed by atoms with Gasteiger partial charge in [0, 0.05) is 28.8 Å².